The smallest absolute Gasteiger partial charge is 0.506 e. The van der Waals surface area contributed by atoms with Gasteiger partial charge in [-0.15, -0.1) is 0 Å². The standard InChI is InChI=1S/C18H23NO9.C11H13NO4.C10H11NO2.C6H10O7.CHO2.H2/c1-2-14(21)19-11-5-9(7-27-8-20)3-4-12(11)28-13-6-10(18(25)26)15(22)17(24)16(13)23;1-2-11(15)12-9-5-8(6-16-7-13)3-4-10(9)14;1-3-10(13)11-8-6-7(2)4-5-9(8)12;7-1-2(8)4(5(10)11)13-6(12)3(1)9;2-1-3;/h3-5,8,10,13,15-17,22-24H,2,6-7H2,1H3,(H,19,21)(H,25,26);3-5,7,14H,2,6H2,1H3,(H,12,15);4-6H,2-3H2,1H3,(H,11,13);1-4,6-9,12H,(H,10,11);(H,2,3);1H/q;;;;+1;/t10?,13-,15-,16?,17+;;;1-,2-,3?,4?,6+;;/m1..0../s1/i8D;7D;;;;1+1. The molecule has 5 rings (SSSR count). The molecule has 2 aromatic rings. The number of phenols is 1. The van der Waals surface area contributed by atoms with Gasteiger partial charge in [-0.2, -0.15) is 0 Å². The lowest BCUT2D eigenvalue weighted by Crippen LogP contribution is -2.59. The normalized spacial score (nSPS) is 23.9. The van der Waals surface area contributed by atoms with Gasteiger partial charge in [0.15, 0.2) is 15.1 Å². The topological polar surface area (TPSA) is 449 Å². The summed E-state index contributed by atoms with van der Waals surface area (Å²) in [6.45, 7) is 8.93. The van der Waals surface area contributed by atoms with Crippen molar-refractivity contribution in [2.45, 2.75) is 115 Å². The van der Waals surface area contributed by atoms with Crippen LogP contribution in [0.2, 0.25) is 0 Å². The Morgan fingerprint density at radius 3 is 1.75 bits per heavy atom. The molecule has 2 aromatic carbocycles. The van der Waals surface area contributed by atoms with Gasteiger partial charge in [0, 0.05) is 27.1 Å². The minimum Gasteiger partial charge on any atom is -0.506 e. The second kappa shape index (κ2) is 32.3. The first-order chi connectivity index (χ1) is 35.1. The van der Waals surface area contributed by atoms with Crippen LogP contribution in [0.15, 0.2) is 72.5 Å². The Morgan fingerprint density at radius 2 is 1.25 bits per heavy atom. The Balaban J connectivity index is 0.00000102. The van der Waals surface area contributed by atoms with Gasteiger partial charge in [-0.1, -0.05) is 45.6 Å². The number of rotatable bonds is 14. The lowest BCUT2D eigenvalue weighted by atomic mass is 9.80. The van der Waals surface area contributed by atoms with Crippen LogP contribution in [-0.4, -0.2) is 166 Å². The molecule has 1 saturated carbocycles. The molecule has 1 saturated heterocycles. The number of carboxylic acid groups (broad SMARTS) is 2. The lowest BCUT2D eigenvalue weighted by molar-refractivity contribution is -0.279. The maximum atomic E-state index is 11.8. The number of nitrogens with one attached hydrogen (secondary N) is 3. The highest BCUT2D eigenvalue weighted by Crippen LogP contribution is 2.34. The van der Waals surface area contributed by atoms with E-state index in [9.17, 15) is 63.9 Å². The van der Waals surface area contributed by atoms with E-state index < -0.39 is 85.9 Å². The SMILES string of the molecule is C=C1C=CC(=O)C(NC(=O)CC)=C1.O=C(O)C1O[C@@H](O)C(O)[C@@H](O)[C@@H]1O.O=[C+]O.[2HH].[2H]C(=O)OCc1ccc(O)c(NC(=O)CC)c1.[2H]C(=O)OCc1ccc(O[C@@H]2CC(C(=O)O)[C@@H](O)[C@H](O)C2O)c(NC(=O)CC)c1. The predicted molar refractivity (Wildman–Crippen MR) is 249 cm³/mol. The van der Waals surface area contributed by atoms with Crippen molar-refractivity contribution in [3.8, 4) is 11.5 Å². The summed E-state index contributed by atoms with van der Waals surface area (Å²) in [4.78, 5) is 96.1. The first-order valence-corrected chi connectivity index (χ1v) is 21.5. The number of allylic oxidation sites excluding steroid dienone is 4. The summed E-state index contributed by atoms with van der Waals surface area (Å²) in [5.74, 6) is -5.11. The van der Waals surface area contributed by atoms with Crippen molar-refractivity contribution in [2.24, 2.45) is 5.92 Å². The zero-order valence-electron chi connectivity index (χ0n) is 41.1. The monoisotopic (exact) mass is 1040 g/mol. The largest absolute Gasteiger partial charge is 0.794 e. The summed E-state index contributed by atoms with van der Waals surface area (Å²) in [7, 11) is 0. The van der Waals surface area contributed by atoms with E-state index >= 15 is 0 Å². The number of aliphatic hydroxyl groups is 7. The fraction of sp³-hybridized carbons (Fsp3) is 0.413. The molecule has 402 valence electrons. The molecular weight excluding hydrogens is 979 g/mol. The zero-order chi connectivity index (χ0) is 57.3. The van der Waals surface area contributed by atoms with Gasteiger partial charge in [-0.3, -0.25) is 33.6 Å². The van der Waals surface area contributed by atoms with E-state index in [4.69, 9.17) is 42.9 Å². The van der Waals surface area contributed by atoms with Crippen molar-refractivity contribution < 1.29 is 122 Å². The number of carboxylic acids is 2. The number of aliphatic hydroxyl groups excluding tert-OH is 8. The van der Waals surface area contributed by atoms with Crippen LogP contribution >= 0.6 is 0 Å². The Hall–Kier alpha value is -7.72. The molecule has 0 spiro atoms. The lowest BCUT2D eigenvalue weighted by Gasteiger charge is -2.38. The number of hydrogen-bond acceptors (Lipinski definition) is 21. The Labute approximate surface area is 419 Å². The van der Waals surface area contributed by atoms with E-state index in [0.717, 1.165) is 0 Å². The average Bonchev–Trinajstić information content (AvgIpc) is 3.36. The second-order valence-electron chi connectivity index (χ2n) is 15.1. The first kappa shape index (κ1) is 59.6. The molecule has 27 nitrogen and oxygen atoms in total. The minimum absolute atomic E-state index is 0. The summed E-state index contributed by atoms with van der Waals surface area (Å²) in [6.07, 6.45) is -12.0. The van der Waals surface area contributed by atoms with Crippen molar-refractivity contribution in [3.63, 3.8) is 0 Å². The average molecular weight is 1040 g/mol. The van der Waals surface area contributed by atoms with Crippen LogP contribution in [0.25, 0.3) is 0 Å². The van der Waals surface area contributed by atoms with Crippen molar-refractivity contribution in [2.75, 3.05) is 10.6 Å². The van der Waals surface area contributed by atoms with Gasteiger partial charge in [-0.25, -0.2) is 9.90 Å². The van der Waals surface area contributed by atoms with E-state index in [-0.39, 0.29) is 73.9 Å². The van der Waals surface area contributed by atoms with Gasteiger partial charge in [-0.05, 0) is 53.1 Å². The first-order valence-electron chi connectivity index (χ1n) is 22.5. The van der Waals surface area contributed by atoms with Crippen LogP contribution in [0.3, 0.4) is 0 Å². The molecule has 4 unspecified atom stereocenters. The third-order valence-electron chi connectivity index (χ3n) is 9.94. The van der Waals surface area contributed by atoms with Crippen molar-refractivity contribution in [1.29, 1.82) is 0 Å². The third-order valence-corrected chi connectivity index (χ3v) is 9.94. The number of ketones is 1. The van der Waals surface area contributed by atoms with Crippen molar-refractivity contribution >= 4 is 66.2 Å². The third kappa shape index (κ3) is 20.9. The van der Waals surface area contributed by atoms with Crippen molar-refractivity contribution in [1.82, 2.24) is 5.32 Å². The maximum absolute atomic E-state index is 11.8. The Bertz CT molecular complexity index is 2400. The number of anilines is 2. The number of carbonyl (C=O) groups excluding carboxylic acids is 6. The van der Waals surface area contributed by atoms with Gasteiger partial charge >= 0.3 is 18.4 Å². The molecule has 27 heteroatoms. The molecule has 3 amide bonds. The van der Waals surface area contributed by atoms with E-state index in [2.05, 4.69) is 36.7 Å². The molecule has 73 heavy (non-hydrogen) atoms. The van der Waals surface area contributed by atoms with Gasteiger partial charge in [0.05, 0.1) is 33.9 Å². The molecule has 2 aliphatic carbocycles. The molecule has 10 atom stereocenters. The van der Waals surface area contributed by atoms with Crippen molar-refractivity contribution in [3.05, 3.63) is 83.6 Å². The van der Waals surface area contributed by atoms with Crippen LogP contribution in [0, 0.1) is 5.92 Å². The van der Waals surface area contributed by atoms with E-state index in [1.165, 1.54) is 36.4 Å². The number of ether oxygens (including phenoxy) is 4. The number of amides is 3. The van der Waals surface area contributed by atoms with Crippen LogP contribution in [0.4, 0.5) is 11.4 Å². The summed E-state index contributed by atoms with van der Waals surface area (Å²) in [5.41, 5.74) is 2.48. The van der Waals surface area contributed by atoms with Gasteiger partial charge in [0.25, 0.3) is 12.9 Å². The van der Waals surface area contributed by atoms with Gasteiger partial charge in [0.1, 0.15) is 61.3 Å². The number of phenolic OH excluding ortho intramolecular Hbond substituents is 1. The van der Waals surface area contributed by atoms with E-state index in [0.29, 0.717) is 41.7 Å². The second-order valence-corrected chi connectivity index (χ2v) is 15.1. The van der Waals surface area contributed by atoms with Gasteiger partial charge < -0.3 is 86.0 Å². The molecule has 1 heterocycles. The highest BCUT2D eigenvalue weighted by atomic mass is 16.6. The number of benzene rings is 2. The zero-order valence-corrected chi connectivity index (χ0v) is 39.1. The van der Waals surface area contributed by atoms with Crippen LogP contribution in [0.1, 0.15) is 61.7 Å². The van der Waals surface area contributed by atoms with Crippen LogP contribution in [-0.2, 0) is 70.6 Å². The molecule has 0 aromatic heterocycles. The van der Waals surface area contributed by atoms with Crippen LogP contribution in [0.5, 0.6) is 11.5 Å². The number of aliphatic carboxylic acids is 2. The highest BCUT2D eigenvalue weighted by molar-refractivity contribution is 6.08. The minimum atomic E-state index is -1.81. The highest BCUT2D eigenvalue weighted by Gasteiger charge is 2.48. The maximum Gasteiger partial charge on any atom is 0.794 e. The van der Waals surface area contributed by atoms with E-state index in [1.807, 2.05) is 0 Å². The summed E-state index contributed by atoms with van der Waals surface area (Å²) >= 11 is 0. The van der Waals surface area contributed by atoms with Gasteiger partial charge in [0.2, 0.25) is 23.5 Å². The molecule has 0 bridgehead atoms. The molecule has 0 radical (unpaired) electrons. The summed E-state index contributed by atoms with van der Waals surface area (Å²) < 4.78 is 32.5. The predicted octanol–water partition coefficient (Wildman–Crippen LogP) is -1.12. The summed E-state index contributed by atoms with van der Waals surface area (Å²) in [5, 5.41) is 107. The fourth-order valence-corrected chi connectivity index (χ4v) is 6.04. The molecule has 1 aliphatic heterocycles. The number of carbonyl (C=O) groups is 8. The van der Waals surface area contributed by atoms with Crippen LogP contribution < -0.4 is 20.7 Å². The molecule has 3 aliphatic rings. The fourth-order valence-electron chi connectivity index (χ4n) is 6.04. The number of hydrogen-bond donors (Lipinski definition) is 14. The Morgan fingerprint density at radius 1 is 0.753 bits per heavy atom. The summed E-state index contributed by atoms with van der Waals surface area (Å²) in [6, 6.07) is 8.78. The number of aromatic hydroxyl groups is 1. The Kier molecular flexibility index (Phi) is 26.4. The molecule has 2 fully saturated rings. The quantitative estimate of drug-likeness (QED) is 0.0605. The molecular formula is C46H60N3O24+. The van der Waals surface area contributed by atoms with E-state index in [1.54, 1.807) is 39.0 Å². The molecule has 14 N–H and O–H groups in total.